The maximum atomic E-state index is 13.2. The van der Waals surface area contributed by atoms with E-state index in [4.69, 9.17) is 4.74 Å². The van der Waals surface area contributed by atoms with Crippen molar-refractivity contribution in [2.45, 2.75) is 26.0 Å². The van der Waals surface area contributed by atoms with Crippen LogP contribution in [0.2, 0.25) is 0 Å². The van der Waals surface area contributed by atoms with Crippen molar-refractivity contribution in [2.24, 2.45) is 0 Å². The Hall–Kier alpha value is -1.88. The van der Waals surface area contributed by atoms with Crippen LogP contribution in [0.25, 0.3) is 0 Å². The Morgan fingerprint density at radius 3 is 2.55 bits per heavy atom. The molecule has 0 radical (unpaired) electrons. The molecule has 2 aromatic carbocycles. The van der Waals surface area contributed by atoms with E-state index in [1.165, 1.54) is 12.1 Å². The first kappa shape index (κ1) is 16.5. The van der Waals surface area contributed by atoms with E-state index in [0.717, 1.165) is 11.1 Å². The van der Waals surface area contributed by atoms with Crippen LogP contribution in [0.1, 0.15) is 25.0 Å². The lowest BCUT2D eigenvalue weighted by Crippen LogP contribution is -2.41. The molecule has 2 aromatic rings. The van der Waals surface area contributed by atoms with Gasteiger partial charge in [0.25, 0.3) is 0 Å². The molecular weight excluding hydrogens is 349 g/mol. The summed E-state index contributed by atoms with van der Waals surface area (Å²) in [6.07, 6.45) is -0.523. The van der Waals surface area contributed by atoms with Crippen LogP contribution in [0, 0.1) is 5.82 Å². The van der Waals surface area contributed by atoms with Gasteiger partial charge in [-0.3, -0.25) is 0 Å². The van der Waals surface area contributed by atoms with Crippen molar-refractivity contribution in [2.75, 3.05) is 0 Å². The largest absolute Gasteiger partial charge is 0.445 e. The molecular formula is C17H17BrFNO2. The fourth-order valence-corrected chi connectivity index (χ4v) is 2.92. The third-order valence-electron chi connectivity index (χ3n) is 3.23. The second-order valence-corrected chi connectivity index (χ2v) is 6.29. The molecule has 0 spiro atoms. The van der Waals surface area contributed by atoms with E-state index in [0.29, 0.717) is 4.47 Å². The van der Waals surface area contributed by atoms with Gasteiger partial charge in [0.15, 0.2) is 0 Å². The van der Waals surface area contributed by atoms with Gasteiger partial charge < -0.3 is 10.1 Å². The Bertz CT molecular complexity index is 659. The van der Waals surface area contributed by atoms with E-state index >= 15 is 0 Å². The molecule has 22 heavy (non-hydrogen) atoms. The third-order valence-corrected chi connectivity index (χ3v) is 3.89. The molecule has 0 saturated heterocycles. The van der Waals surface area contributed by atoms with E-state index in [1.54, 1.807) is 6.07 Å². The number of carbonyl (C=O) groups excluding carboxylic acids is 1. The maximum absolute atomic E-state index is 13.2. The number of hydrogen-bond acceptors (Lipinski definition) is 2. The normalized spacial score (nSPS) is 11.1. The fraction of sp³-hybridized carbons (Fsp3) is 0.235. The molecule has 5 heteroatoms. The van der Waals surface area contributed by atoms with Crippen molar-refractivity contribution < 1.29 is 13.9 Å². The van der Waals surface area contributed by atoms with Gasteiger partial charge in [0, 0.05) is 4.47 Å². The maximum Gasteiger partial charge on any atom is 0.408 e. The zero-order valence-electron chi connectivity index (χ0n) is 12.4. The van der Waals surface area contributed by atoms with Crippen LogP contribution in [0.15, 0.2) is 53.0 Å². The monoisotopic (exact) mass is 365 g/mol. The summed E-state index contributed by atoms with van der Waals surface area (Å²) in [5, 5.41) is 2.79. The number of rotatable bonds is 4. The summed E-state index contributed by atoms with van der Waals surface area (Å²) >= 11 is 3.32. The molecule has 0 aliphatic rings. The van der Waals surface area contributed by atoms with E-state index in [9.17, 15) is 9.18 Å². The van der Waals surface area contributed by atoms with Crippen molar-refractivity contribution in [1.82, 2.24) is 5.32 Å². The number of nitrogens with one attached hydrogen (secondary N) is 1. The van der Waals surface area contributed by atoms with Crippen LogP contribution in [-0.2, 0) is 16.9 Å². The first-order valence-electron chi connectivity index (χ1n) is 6.83. The van der Waals surface area contributed by atoms with Crippen molar-refractivity contribution >= 4 is 22.0 Å². The predicted molar refractivity (Wildman–Crippen MR) is 86.9 cm³/mol. The molecule has 2 rings (SSSR count). The fourth-order valence-electron chi connectivity index (χ4n) is 2.08. The second kappa shape index (κ2) is 6.92. The number of halogens is 2. The SMILES string of the molecule is CC(C)(NC(=O)OCc1ccccc1)c1ccc(F)cc1Br. The standard InChI is InChI=1S/C17H17BrFNO2/c1-17(2,14-9-8-13(19)10-15(14)18)20-16(21)22-11-12-6-4-3-5-7-12/h3-10H,11H2,1-2H3,(H,20,21). The Morgan fingerprint density at radius 2 is 1.91 bits per heavy atom. The van der Waals surface area contributed by atoms with Crippen LogP contribution in [0.4, 0.5) is 9.18 Å². The average Bonchev–Trinajstić information content (AvgIpc) is 2.45. The van der Waals surface area contributed by atoms with Crippen LogP contribution >= 0.6 is 15.9 Å². The minimum atomic E-state index is -0.694. The van der Waals surface area contributed by atoms with Crippen molar-refractivity contribution in [3.63, 3.8) is 0 Å². The molecule has 0 saturated carbocycles. The van der Waals surface area contributed by atoms with Gasteiger partial charge in [-0.1, -0.05) is 52.3 Å². The molecule has 116 valence electrons. The van der Waals surface area contributed by atoms with Gasteiger partial charge in [0.2, 0.25) is 0 Å². The Kier molecular flexibility index (Phi) is 5.19. The zero-order chi connectivity index (χ0) is 16.2. The first-order valence-corrected chi connectivity index (χ1v) is 7.62. The van der Waals surface area contributed by atoms with E-state index in [-0.39, 0.29) is 12.4 Å². The van der Waals surface area contributed by atoms with Crippen LogP contribution in [0.3, 0.4) is 0 Å². The van der Waals surface area contributed by atoms with Gasteiger partial charge in [-0.15, -0.1) is 0 Å². The highest BCUT2D eigenvalue weighted by atomic mass is 79.9. The van der Waals surface area contributed by atoms with E-state index in [2.05, 4.69) is 21.2 Å². The number of alkyl carbamates (subject to hydrolysis) is 1. The van der Waals surface area contributed by atoms with Crippen LogP contribution in [0.5, 0.6) is 0 Å². The molecule has 0 unspecified atom stereocenters. The Balaban J connectivity index is 2.00. The first-order chi connectivity index (χ1) is 10.4. The third kappa shape index (κ3) is 4.31. The minimum absolute atomic E-state index is 0.202. The number of ether oxygens (including phenoxy) is 1. The molecule has 0 bridgehead atoms. The topological polar surface area (TPSA) is 38.3 Å². The molecule has 3 nitrogen and oxygen atoms in total. The molecule has 0 atom stereocenters. The molecule has 1 N–H and O–H groups in total. The minimum Gasteiger partial charge on any atom is -0.445 e. The summed E-state index contributed by atoms with van der Waals surface area (Å²) in [7, 11) is 0. The zero-order valence-corrected chi connectivity index (χ0v) is 14.0. The summed E-state index contributed by atoms with van der Waals surface area (Å²) in [4.78, 5) is 12.0. The summed E-state index contributed by atoms with van der Waals surface area (Å²) < 4.78 is 19.0. The lowest BCUT2D eigenvalue weighted by atomic mass is 9.94. The predicted octanol–water partition coefficient (Wildman–Crippen LogP) is 4.75. The Morgan fingerprint density at radius 1 is 1.23 bits per heavy atom. The molecule has 0 fully saturated rings. The van der Waals surface area contributed by atoms with Crippen molar-refractivity contribution in [3.8, 4) is 0 Å². The lowest BCUT2D eigenvalue weighted by molar-refractivity contribution is 0.129. The highest BCUT2D eigenvalue weighted by molar-refractivity contribution is 9.10. The highest BCUT2D eigenvalue weighted by Gasteiger charge is 2.26. The second-order valence-electron chi connectivity index (χ2n) is 5.44. The van der Waals surface area contributed by atoms with Crippen LogP contribution < -0.4 is 5.32 Å². The van der Waals surface area contributed by atoms with Crippen molar-refractivity contribution in [1.29, 1.82) is 0 Å². The average molecular weight is 366 g/mol. The van der Waals surface area contributed by atoms with E-state index < -0.39 is 11.6 Å². The summed E-state index contributed by atoms with van der Waals surface area (Å²) in [6, 6.07) is 13.8. The number of benzene rings is 2. The van der Waals surface area contributed by atoms with Crippen LogP contribution in [-0.4, -0.2) is 6.09 Å². The van der Waals surface area contributed by atoms with Gasteiger partial charge in [-0.25, -0.2) is 9.18 Å². The van der Waals surface area contributed by atoms with Gasteiger partial charge in [0.05, 0.1) is 5.54 Å². The summed E-state index contributed by atoms with van der Waals surface area (Å²) in [6.45, 7) is 3.86. The number of carbonyl (C=O) groups is 1. The lowest BCUT2D eigenvalue weighted by Gasteiger charge is -2.27. The number of amides is 1. The molecule has 0 aromatic heterocycles. The van der Waals surface area contributed by atoms with Gasteiger partial charge in [-0.2, -0.15) is 0 Å². The molecule has 0 aliphatic heterocycles. The smallest absolute Gasteiger partial charge is 0.408 e. The molecule has 0 aliphatic carbocycles. The van der Waals surface area contributed by atoms with Gasteiger partial charge in [-0.05, 0) is 37.1 Å². The number of hydrogen-bond donors (Lipinski definition) is 1. The van der Waals surface area contributed by atoms with Gasteiger partial charge in [0.1, 0.15) is 12.4 Å². The van der Waals surface area contributed by atoms with E-state index in [1.807, 2.05) is 44.2 Å². The molecule has 0 heterocycles. The van der Waals surface area contributed by atoms with Crippen molar-refractivity contribution in [3.05, 3.63) is 69.9 Å². The highest BCUT2D eigenvalue weighted by Crippen LogP contribution is 2.28. The summed E-state index contributed by atoms with van der Waals surface area (Å²) in [5.74, 6) is -0.335. The quantitative estimate of drug-likeness (QED) is 0.848. The van der Waals surface area contributed by atoms with Gasteiger partial charge >= 0.3 is 6.09 Å². The molecule has 1 amide bonds. The summed E-state index contributed by atoms with van der Waals surface area (Å²) in [5.41, 5.74) is 0.990. The Labute approximate surface area is 137 Å².